The van der Waals surface area contributed by atoms with Gasteiger partial charge in [0.1, 0.15) is 11.3 Å². The van der Waals surface area contributed by atoms with Crippen LogP contribution in [-0.2, 0) is 9.53 Å². The first-order valence-corrected chi connectivity index (χ1v) is 9.05. The molecular formula is C20H21FN4O2. The van der Waals surface area contributed by atoms with Crippen LogP contribution in [0.25, 0.3) is 11.0 Å². The number of β-lactam (4-membered cyclic amide) rings is 1. The Morgan fingerprint density at radius 1 is 1.07 bits per heavy atom. The molecule has 1 aliphatic heterocycles. The van der Waals surface area contributed by atoms with Crippen LogP contribution in [0.3, 0.4) is 0 Å². The monoisotopic (exact) mass is 368 g/mol. The zero-order chi connectivity index (χ0) is 18.8. The van der Waals surface area contributed by atoms with E-state index < -0.39 is 6.04 Å². The first-order chi connectivity index (χ1) is 13.2. The van der Waals surface area contributed by atoms with E-state index in [0.717, 1.165) is 29.4 Å². The van der Waals surface area contributed by atoms with E-state index in [1.165, 1.54) is 12.1 Å². The Morgan fingerprint density at radius 3 is 2.63 bits per heavy atom. The standard InChI is InChI=1S/C20H21FN4O2/c1-27-13-5-4-12-24-18(14-8-10-15(21)11-9-14)19(20(24)26)25-17-7-3-2-6-16(17)22-23-25/h2-3,6-11,18-19H,4-5,12-13H2,1H3/t18-,19+/m1/s1. The van der Waals surface area contributed by atoms with Gasteiger partial charge in [-0.2, -0.15) is 0 Å². The second-order valence-corrected chi connectivity index (χ2v) is 6.70. The normalized spacial score (nSPS) is 19.5. The smallest absolute Gasteiger partial charge is 0.250 e. The van der Waals surface area contributed by atoms with Crippen LogP contribution >= 0.6 is 0 Å². The van der Waals surface area contributed by atoms with Gasteiger partial charge >= 0.3 is 0 Å². The summed E-state index contributed by atoms with van der Waals surface area (Å²) in [5, 5.41) is 8.41. The van der Waals surface area contributed by atoms with E-state index in [1.807, 2.05) is 29.2 Å². The van der Waals surface area contributed by atoms with Crippen LogP contribution in [0.2, 0.25) is 0 Å². The summed E-state index contributed by atoms with van der Waals surface area (Å²) in [7, 11) is 1.67. The fourth-order valence-corrected chi connectivity index (χ4v) is 3.66. The Morgan fingerprint density at radius 2 is 1.85 bits per heavy atom. The maximum atomic E-state index is 13.4. The van der Waals surface area contributed by atoms with Crippen LogP contribution in [0, 0.1) is 5.82 Å². The number of hydrogen-bond donors (Lipinski definition) is 0. The van der Waals surface area contributed by atoms with Crippen molar-refractivity contribution in [3.05, 3.63) is 59.9 Å². The number of likely N-dealkylation sites (tertiary alicyclic amines) is 1. The van der Waals surface area contributed by atoms with Crippen molar-refractivity contribution in [2.24, 2.45) is 0 Å². The van der Waals surface area contributed by atoms with Gasteiger partial charge in [-0.3, -0.25) is 4.79 Å². The number of carbonyl (C=O) groups is 1. The highest BCUT2D eigenvalue weighted by Gasteiger charge is 2.50. The molecule has 0 spiro atoms. The van der Waals surface area contributed by atoms with Crippen molar-refractivity contribution >= 4 is 16.9 Å². The molecule has 7 heteroatoms. The van der Waals surface area contributed by atoms with E-state index in [2.05, 4.69) is 10.3 Å². The van der Waals surface area contributed by atoms with Gasteiger partial charge in [-0.15, -0.1) is 5.10 Å². The minimum atomic E-state index is -0.467. The number of rotatable bonds is 7. The summed E-state index contributed by atoms with van der Waals surface area (Å²) in [4.78, 5) is 14.8. The first-order valence-electron chi connectivity index (χ1n) is 9.05. The molecule has 0 radical (unpaired) electrons. The average molecular weight is 368 g/mol. The Kier molecular flexibility index (Phi) is 4.85. The molecule has 2 heterocycles. The molecule has 140 valence electrons. The Balaban J connectivity index is 1.65. The maximum Gasteiger partial charge on any atom is 0.250 e. The van der Waals surface area contributed by atoms with Gasteiger partial charge in [0.2, 0.25) is 0 Å². The SMILES string of the molecule is COCCCCN1C(=O)[C@@H](n2nnc3ccccc32)[C@H]1c1ccc(F)cc1. The van der Waals surface area contributed by atoms with Crippen molar-refractivity contribution in [2.45, 2.75) is 24.9 Å². The molecule has 2 aromatic carbocycles. The molecule has 0 saturated carbocycles. The number of fused-ring (bicyclic) bond motifs is 1. The lowest BCUT2D eigenvalue weighted by Gasteiger charge is -2.47. The summed E-state index contributed by atoms with van der Waals surface area (Å²) in [5.41, 5.74) is 2.47. The molecule has 1 amide bonds. The van der Waals surface area contributed by atoms with Gasteiger partial charge in [0.15, 0.2) is 6.04 Å². The molecule has 27 heavy (non-hydrogen) atoms. The van der Waals surface area contributed by atoms with E-state index in [-0.39, 0.29) is 17.8 Å². The Bertz CT molecular complexity index is 941. The van der Waals surface area contributed by atoms with Crippen LogP contribution < -0.4 is 0 Å². The molecule has 2 atom stereocenters. The highest BCUT2D eigenvalue weighted by Crippen LogP contribution is 2.44. The second-order valence-electron chi connectivity index (χ2n) is 6.70. The van der Waals surface area contributed by atoms with Crippen LogP contribution in [0.5, 0.6) is 0 Å². The molecule has 6 nitrogen and oxygen atoms in total. The molecule has 0 aliphatic carbocycles. The van der Waals surface area contributed by atoms with Crippen LogP contribution in [0.1, 0.15) is 30.5 Å². The average Bonchev–Trinajstić information content (AvgIpc) is 3.10. The molecule has 1 fully saturated rings. The summed E-state index contributed by atoms with van der Waals surface area (Å²) in [6.07, 6.45) is 1.73. The van der Waals surface area contributed by atoms with E-state index in [4.69, 9.17) is 4.74 Å². The number of unbranched alkanes of at least 4 members (excludes halogenated alkanes) is 1. The zero-order valence-corrected chi connectivity index (χ0v) is 15.1. The third-order valence-corrected chi connectivity index (χ3v) is 5.02. The number of ether oxygens (including phenoxy) is 1. The van der Waals surface area contributed by atoms with E-state index in [0.29, 0.717) is 13.2 Å². The summed E-state index contributed by atoms with van der Waals surface area (Å²) in [6.45, 7) is 1.30. The van der Waals surface area contributed by atoms with Crippen LogP contribution in [-0.4, -0.2) is 46.1 Å². The maximum absolute atomic E-state index is 13.4. The van der Waals surface area contributed by atoms with E-state index in [9.17, 15) is 9.18 Å². The van der Waals surface area contributed by atoms with Crippen molar-refractivity contribution in [3.63, 3.8) is 0 Å². The number of methoxy groups -OCH3 is 1. The summed E-state index contributed by atoms with van der Waals surface area (Å²) in [6, 6.07) is 13.3. The Labute approximate surface area is 156 Å². The summed E-state index contributed by atoms with van der Waals surface area (Å²) in [5.74, 6) is -0.281. The topological polar surface area (TPSA) is 60.2 Å². The van der Waals surface area contributed by atoms with Crippen LogP contribution in [0.15, 0.2) is 48.5 Å². The molecule has 0 N–H and O–H groups in total. The summed E-state index contributed by atoms with van der Waals surface area (Å²) < 4.78 is 20.2. The number of halogens is 1. The third-order valence-electron chi connectivity index (χ3n) is 5.02. The number of nitrogens with zero attached hydrogens (tertiary/aromatic N) is 4. The van der Waals surface area contributed by atoms with Crippen molar-refractivity contribution in [1.82, 2.24) is 19.9 Å². The second kappa shape index (κ2) is 7.44. The van der Waals surface area contributed by atoms with Gasteiger partial charge in [-0.1, -0.05) is 29.5 Å². The third kappa shape index (κ3) is 3.19. The Hall–Kier alpha value is -2.80. The summed E-state index contributed by atoms with van der Waals surface area (Å²) >= 11 is 0. The number of benzene rings is 2. The highest BCUT2D eigenvalue weighted by molar-refractivity contribution is 5.90. The number of aromatic nitrogens is 3. The van der Waals surface area contributed by atoms with E-state index in [1.54, 1.807) is 23.9 Å². The van der Waals surface area contributed by atoms with E-state index >= 15 is 0 Å². The lowest BCUT2D eigenvalue weighted by molar-refractivity contribution is -0.155. The molecule has 1 saturated heterocycles. The first kappa shape index (κ1) is 17.6. The molecule has 0 bridgehead atoms. The van der Waals surface area contributed by atoms with Gasteiger partial charge in [-0.05, 0) is 42.7 Å². The van der Waals surface area contributed by atoms with Gasteiger partial charge in [0.05, 0.1) is 11.6 Å². The lowest BCUT2D eigenvalue weighted by atomic mass is 9.88. The molecule has 0 unspecified atom stereocenters. The van der Waals surface area contributed by atoms with Crippen molar-refractivity contribution < 1.29 is 13.9 Å². The minimum Gasteiger partial charge on any atom is -0.385 e. The predicted octanol–water partition coefficient (Wildman–Crippen LogP) is 3.12. The van der Waals surface area contributed by atoms with Gasteiger partial charge in [0, 0.05) is 20.3 Å². The fraction of sp³-hybridized carbons (Fsp3) is 0.350. The zero-order valence-electron chi connectivity index (χ0n) is 15.1. The molecular weight excluding hydrogens is 347 g/mol. The molecule has 1 aliphatic rings. The minimum absolute atomic E-state index is 0.0115. The van der Waals surface area contributed by atoms with Gasteiger partial charge in [0.25, 0.3) is 5.91 Å². The van der Waals surface area contributed by atoms with Crippen molar-refractivity contribution in [3.8, 4) is 0 Å². The highest BCUT2D eigenvalue weighted by atomic mass is 19.1. The molecule has 1 aromatic heterocycles. The van der Waals surface area contributed by atoms with Crippen molar-refractivity contribution in [1.29, 1.82) is 0 Å². The number of hydrogen-bond acceptors (Lipinski definition) is 4. The predicted molar refractivity (Wildman–Crippen MR) is 98.5 cm³/mol. The number of para-hydroxylation sites is 1. The largest absolute Gasteiger partial charge is 0.385 e. The van der Waals surface area contributed by atoms with Gasteiger partial charge < -0.3 is 9.64 Å². The fourth-order valence-electron chi connectivity index (χ4n) is 3.66. The van der Waals surface area contributed by atoms with Crippen LogP contribution in [0.4, 0.5) is 4.39 Å². The van der Waals surface area contributed by atoms with Crippen molar-refractivity contribution in [2.75, 3.05) is 20.3 Å². The lowest BCUT2D eigenvalue weighted by Crippen LogP contribution is -2.56. The quantitative estimate of drug-likeness (QED) is 0.475. The molecule has 3 aromatic rings. The number of amides is 1. The van der Waals surface area contributed by atoms with Gasteiger partial charge in [-0.25, -0.2) is 9.07 Å². The molecule has 4 rings (SSSR count). The number of carbonyl (C=O) groups excluding carboxylic acids is 1.